The van der Waals surface area contributed by atoms with Crippen LogP contribution < -0.4 is 5.73 Å². The quantitative estimate of drug-likeness (QED) is 0.499. The summed E-state index contributed by atoms with van der Waals surface area (Å²) in [6.07, 6.45) is 5.09. The van der Waals surface area contributed by atoms with Crippen LogP contribution >= 0.6 is 0 Å². The van der Waals surface area contributed by atoms with Crippen molar-refractivity contribution in [1.29, 1.82) is 0 Å². The highest BCUT2D eigenvalue weighted by atomic mass is 15.3. The minimum absolute atomic E-state index is 0.221. The van der Waals surface area contributed by atoms with Crippen molar-refractivity contribution in [1.82, 2.24) is 29.7 Å². The Morgan fingerprint density at radius 3 is 2.64 bits per heavy atom. The molecule has 0 unspecified atom stereocenters. The zero-order chi connectivity index (χ0) is 18.7. The topological polar surface area (TPSA) is 98.3 Å². The van der Waals surface area contributed by atoms with Crippen LogP contribution in [0.4, 0.5) is 5.82 Å². The summed E-state index contributed by atoms with van der Waals surface area (Å²) in [6.45, 7) is 0. The van der Waals surface area contributed by atoms with Crippen LogP contribution in [0.2, 0.25) is 0 Å². The number of H-pyrrole nitrogens is 1. The molecule has 0 spiro atoms. The fourth-order valence-electron chi connectivity index (χ4n) is 4.24. The van der Waals surface area contributed by atoms with Gasteiger partial charge in [0.05, 0.1) is 28.8 Å². The molecule has 3 aromatic heterocycles. The Bertz CT molecular complexity index is 1320. The van der Waals surface area contributed by atoms with Gasteiger partial charge in [-0.1, -0.05) is 30.3 Å². The first kappa shape index (κ1) is 15.3. The molecule has 0 radical (unpaired) electrons. The van der Waals surface area contributed by atoms with E-state index in [1.54, 1.807) is 6.33 Å². The van der Waals surface area contributed by atoms with Gasteiger partial charge in [-0.3, -0.25) is 0 Å². The van der Waals surface area contributed by atoms with Crippen molar-refractivity contribution in [2.24, 2.45) is 0 Å². The van der Waals surface area contributed by atoms with Gasteiger partial charge in [-0.15, -0.1) is 0 Å². The molecule has 3 N–H and O–H groups in total. The Hall–Kier alpha value is -3.74. The van der Waals surface area contributed by atoms with Crippen LogP contribution in [0.3, 0.4) is 0 Å². The summed E-state index contributed by atoms with van der Waals surface area (Å²) >= 11 is 0. The predicted octanol–water partition coefficient (Wildman–Crippen LogP) is 3.29. The van der Waals surface area contributed by atoms with Crippen LogP contribution in [0.25, 0.3) is 33.3 Å². The third kappa shape index (κ3) is 2.16. The van der Waals surface area contributed by atoms with Gasteiger partial charge in [0.25, 0.3) is 0 Å². The molecule has 28 heavy (non-hydrogen) atoms. The summed E-state index contributed by atoms with van der Waals surface area (Å²) in [5.74, 6) is 0.450. The summed E-state index contributed by atoms with van der Waals surface area (Å²) in [5, 5.41) is 5.78. The van der Waals surface area contributed by atoms with Crippen LogP contribution in [0.5, 0.6) is 0 Å². The first-order valence-electron chi connectivity index (χ1n) is 9.27. The van der Waals surface area contributed by atoms with Gasteiger partial charge in [-0.05, 0) is 36.1 Å². The summed E-state index contributed by atoms with van der Waals surface area (Å²) in [7, 11) is 0. The van der Waals surface area contributed by atoms with E-state index in [0.717, 1.165) is 46.2 Å². The van der Waals surface area contributed by atoms with Crippen LogP contribution in [-0.2, 0) is 12.8 Å². The molecule has 3 heterocycles. The summed E-state index contributed by atoms with van der Waals surface area (Å²) in [4.78, 5) is 16.2. The maximum atomic E-state index is 6.26. The number of nitrogens with two attached hydrogens (primary N) is 1. The average Bonchev–Trinajstić information content (AvgIpc) is 3.43. The van der Waals surface area contributed by atoms with E-state index in [-0.39, 0.29) is 6.04 Å². The summed E-state index contributed by atoms with van der Waals surface area (Å²) < 4.78 is 2.03. The van der Waals surface area contributed by atoms with E-state index < -0.39 is 0 Å². The number of rotatable bonds is 2. The molecule has 5 aromatic rings. The lowest BCUT2D eigenvalue weighted by Crippen LogP contribution is -2.11. The molecule has 0 saturated carbocycles. The molecule has 0 saturated heterocycles. The minimum atomic E-state index is 0.221. The van der Waals surface area contributed by atoms with Gasteiger partial charge in [0.2, 0.25) is 0 Å². The highest BCUT2D eigenvalue weighted by molar-refractivity contribution is 5.99. The number of hydrogen-bond acceptors (Lipinski definition) is 5. The van der Waals surface area contributed by atoms with E-state index in [2.05, 4.69) is 44.2 Å². The van der Waals surface area contributed by atoms with Crippen molar-refractivity contribution < 1.29 is 0 Å². The van der Waals surface area contributed by atoms with E-state index in [4.69, 9.17) is 10.8 Å². The lowest BCUT2D eigenvalue weighted by molar-refractivity contribution is 0.488. The second-order valence-electron chi connectivity index (χ2n) is 7.22. The third-order valence-corrected chi connectivity index (χ3v) is 5.59. The molecule has 0 fully saturated rings. The van der Waals surface area contributed by atoms with Gasteiger partial charge in [0.15, 0.2) is 5.65 Å². The number of fused-ring (bicyclic) bond motifs is 3. The van der Waals surface area contributed by atoms with Crippen molar-refractivity contribution in [3.63, 3.8) is 0 Å². The highest BCUT2D eigenvalue weighted by Gasteiger charge is 2.27. The Kier molecular flexibility index (Phi) is 3.08. The van der Waals surface area contributed by atoms with Crippen molar-refractivity contribution in [3.05, 3.63) is 66.2 Å². The van der Waals surface area contributed by atoms with E-state index in [1.807, 2.05) is 22.9 Å². The van der Waals surface area contributed by atoms with E-state index in [0.29, 0.717) is 5.82 Å². The Labute approximate surface area is 160 Å². The third-order valence-electron chi connectivity index (χ3n) is 5.59. The molecule has 1 aliphatic rings. The summed E-state index contributed by atoms with van der Waals surface area (Å²) in [5.41, 5.74) is 13.4. The number of imidazole rings is 1. The van der Waals surface area contributed by atoms with E-state index in [9.17, 15) is 0 Å². The maximum absolute atomic E-state index is 6.26. The number of aromatic amines is 1. The van der Waals surface area contributed by atoms with E-state index >= 15 is 0 Å². The second kappa shape index (κ2) is 5.63. The summed E-state index contributed by atoms with van der Waals surface area (Å²) in [6, 6.07) is 14.8. The van der Waals surface area contributed by atoms with Crippen LogP contribution in [0.1, 0.15) is 17.2 Å². The fourth-order valence-corrected chi connectivity index (χ4v) is 4.24. The Balaban J connectivity index is 1.55. The van der Waals surface area contributed by atoms with Gasteiger partial charge in [0, 0.05) is 5.56 Å². The van der Waals surface area contributed by atoms with Gasteiger partial charge in [-0.2, -0.15) is 5.10 Å². The molecule has 0 amide bonds. The highest BCUT2D eigenvalue weighted by Crippen LogP contribution is 2.36. The Morgan fingerprint density at radius 1 is 1.00 bits per heavy atom. The molecular weight excluding hydrogens is 350 g/mol. The maximum Gasteiger partial charge on any atom is 0.164 e. The fraction of sp³-hybridized carbons (Fsp3) is 0.143. The molecular formula is C21H17N7. The SMILES string of the molecule is Nc1ncnc2c1c(-c1ccc3nc[nH]c3c1)nn2C1Cc2ccccc2C1. The van der Waals surface area contributed by atoms with Gasteiger partial charge in [0.1, 0.15) is 17.8 Å². The molecule has 2 aromatic carbocycles. The van der Waals surface area contributed by atoms with Crippen LogP contribution in [0.15, 0.2) is 55.1 Å². The van der Waals surface area contributed by atoms with Crippen LogP contribution in [-0.4, -0.2) is 29.7 Å². The smallest absolute Gasteiger partial charge is 0.164 e. The van der Waals surface area contributed by atoms with Crippen molar-refractivity contribution in [3.8, 4) is 11.3 Å². The number of nitrogens with zero attached hydrogens (tertiary/aromatic N) is 5. The van der Waals surface area contributed by atoms with Crippen molar-refractivity contribution in [2.75, 3.05) is 5.73 Å². The molecule has 7 heteroatoms. The molecule has 1 aliphatic carbocycles. The Morgan fingerprint density at radius 2 is 1.82 bits per heavy atom. The molecule has 0 atom stereocenters. The van der Waals surface area contributed by atoms with Gasteiger partial charge < -0.3 is 10.7 Å². The average molecular weight is 367 g/mol. The molecule has 0 aliphatic heterocycles. The van der Waals surface area contributed by atoms with E-state index in [1.165, 1.54) is 17.5 Å². The number of anilines is 1. The molecule has 6 rings (SSSR count). The number of hydrogen-bond donors (Lipinski definition) is 2. The largest absolute Gasteiger partial charge is 0.383 e. The number of nitrogens with one attached hydrogen (secondary N) is 1. The zero-order valence-corrected chi connectivity index (χ0v) is 15.0. The first-order valence-corrected chi connectivity index (χ1v) is 9.27. The van der Waals surface area contributed by atoms with Crippen molar-refractivity contribution >= 4 is 27.9 Å². The zero-order valence-electron chi connectivity index (χ0n) is 15.0. The van der Waals surface area contributed by atoms with Gasteiger partial charge >= 0.3 is 0 Å². The second-order valence-corrected chi connectivity index (χ2v) is 7.22. The molecule has 7 nitrogen and oxygen atoms in total. The number of benzene rings is 2. The standard InChI is InChI=1S/C21H17N7/c22-20-18-19(14-5-6-16-17(9-14)24-10-23-16)27-28(21(18)26-11-25-20)15-7-12-3-1-2-4-13(12)8-15/h1-6,9-11,15H,7-8H2,(H,23,24)(H2,22,25,26). The monoisotopic (exact) mass is 367 g/mol. The van der Waals surface area contributed by atoms with Gasteiger partial charge in [-0.25, -0.2) is 19.6 Å². The van der Waals surface area contributed by atoms with Crippen LogP contribution in [0, 0.1) is 0 Å². The molecule has 136 valence electrons. The predicted molar refractivity (Wildman–Crippen MR) is 108 cm³/mol. The minimum Gasteiger partial charge on any atom is -0.383 e. The van der Waals surface area contributed by atoms with Crippen molar-refractivity contribution in [2.45, 2.75) is 18.9 Å². The first-order chi connectivity index (χ1) is 13.8. The number of aromatic nitrogens is 6. The normalized spacial score (nSPS) is 14.1. The lowest BCUT2D eigenvalue weighted by atomic mass is 10.1. The lowest BCUT2D eigenvalue weighted by Gasteiger charge is -2.10. The number of nitrogen functional groups attached to an aromatic ring is 1. The molecule has 0 bridgehead atoms.